The first kappa shape index (κ1) is 12.5. The van der Waals surface area contributed by atoms with Gasteiger partial charge in [-0.25, -0.2) is 4.98 Å². The van der Waals surface area contributed by atoms with E-state index in [0.717, 1.165) is 21.4 Å². The summed E-state index contributed by atoms with van der Waals surface area (Å²) in [5.41, 5.74) is 4.67. The van der Waals surface area contributed by atoms with E-state index in [9.17, 15) is 10.3 Å². The summed E-state index contributed by atoms with van der Waals surface area (Å²) < 4.78 is 0.852. The van der Waals surface area contributed by atoms with Gasteiger partial charge in [0.25, 0.3) is 0 Å². The van der Waals surface area contributed by atoms with Crippen molar-refractivity contribution in [2.75, 3.05) is 0 Å². The molecule has 0 aromatic carbocycles. The van der Waals surface area contributed by atoms with Crippen LogP contribution < -0.4 is 4.73 Å². The average Bonchev–Trinajstić information content (AvgIpc) is 2.36. The molecule has 0 saturated carbocycles. The van der Waals surface area contributed by atoms with Crippen LogP contribution in [0.1, 0.15) is 22.5 Å². The molecule has 94 valence electrons. The monoisotopic (exact) mass is 244 g/mol. The Bertz CT molecular complexity index is 571. The van der Waals surface area contributed by atoms with Gasteiger partial charge >= 0.3 is 0 Å². The molecule has 0 fully saturated rings. The molecule has 4 nitrogen and oxygen atoms in total. The van der Waals surface area contributed by atoms with Gasteiger partial charge in [0.15, 0.2) is 11.9 Å². The van der Waals surface area contributed by atoms with E-state index in [2.05, 4.69) is 4.98 Å². The molecule has 0 aliphatic heterocycles. The normalized spacial score (nSPS) is 10.7. The first-order valence-electron chi connectivity index (χ1n) is 5.81. The summed E-state index contributed by atoms with van der Waals surface area (Å²) >= 11 is 0. The average molecular weight is 244 g/mol. The number of rotatable bonds is 2. The van der Waals surface area contributed by atoms with Crippen LogP contribution in [0.2, 0.25) is 0 Å². The van der Waals surface area contributed by atoms with E-state index in [0.29, 0.717) is 17.1 Å². The number of aliphatic hydroxyl groups is 1. The van der Waals surface area contributed by atoms with Crippen LogP contribution in [0.4, 0.5) is 0 Å². The van der Waals surface area contributed by atoms with Crippen LogP contribution in [0.3, 0.4) is 0 Å². The van der Waals surface area contributed by atoms with Crippen molar-refractivity contribution in [1.82, 2.24) is 4.98 Å². The Balaban J connectivity index is 2.55. The number of aliphatic hydroxyl groups excluding tert-OH is 1. The summed E-state index contributed by atoms with van der Waals surface area (Å²) in [6, 6.07) is 5.69. The summed E-state index contributed by atoms with van der Waals surface area (Å²) in [7, 11) is 0. The molecule has 0 atom stereocenters. The Morgan fingerprint density at radius 2 is 1.94 bits per heavy atom. The van der Waals surface area contributed by atoms with Gasteiger partial charge in [0.2, 0.25) is 0 Å². The lowest BCUT2D eigenvalue weighted by atomic mass is 10.1. The number of aryl methyl sites for hydroxylation is 2. The molecule has 2 aromatic heterocycles. The fourth-order valence-electron chi connectivity index (χ4n) is 1.80. The zero-order valence-electron chi connectivity index (χ0n) is 10.8. The number of aromatic nitrogens is 2. The molecule has 18 heavy (non-hydrogen) atoms. The van der Waals surface area contributed by atoms with Gasteiger partial charge in [0, 0.05) is 12.5 Å². The standard InChI is InChI=1S/C14H16N2O2/c1-9-4-5-13(15-14(9)8-17)12-6-10(2)11(3)16(18)7-12/h4-7,17H,8H2,1-3H3. The summed E-state index contributed by atoms with van der Waals surface area (Å²) in [6.07, 6.45) is 1.52. The second-order valence-corrected chi connectivity index (χ2v) is 4.44. The molecule has 0 saturated heterocycles. The molecule has 0 aliphatic carbocycles. The molecule has 0 radical (unpaired) electrons. The smallest absolute Gasteiger partial charge is 0.192 e. The van der Waals surface area contributed by atoms with Crippen LogP contribution in [0, 0.1) is 26.0 Å². The third-order valence-corrected chi connectivity index (χ3v) is 3.18. The third-order valence-electron chi connectivity index (χ3n) is 3.18. The van der Waals surface area contributed by atoms with E-state index in [1.807, 2.05) is 32.0 Å². The van der Waals surface area contributed by atoms with Crippen LogP contribution in [0.25, 0.3) is 11.3 Å². The molecule has 0 bridgehead atoms. The molecule has 2 rings (SSSR count). The van der Waals surface area contributed by atoms with Gasteiger partial charge in [-0.05, 0) is 31.5 Å². The van der Waals surface area contributed by atoms with Crippen molar-refractivity contribution >= 4 is 0 Å². The number of hydrogen-bond donors (Lipinski definition) is 1. The van der Waals surface area contributed by atoms with Gasteiger partial charge in [0.05, 0.1) is 23.6 Å². The Labute approximate surface area is 106 Å². The molecule has 0 unspecified atom stereocenters. The highest BCUT2D eigenvalue weighted by Gasteiger charge is 2.10. The lowest BCUT2D eigenvalue weighted by Gasteiger charge is -2.08. The van der Waals surface area contributed by atoms with Crippen molar-refractivity contribution in [2.45, 2.75) is 27.4 Å². The first-order chi connectivity index (χ1) is 8.52. The van der Waals surface area contributed by atoms with Gasteiger partial charge in [0.1, 0.15) is 0 Å². The highest BCUT2D eigenvalue weighted by atomic mass is 16.5. The first-order valence-corrected chi connectivity index (χ1v) is 5.81. The molecule has 2 heterocycles. The molecule has 1 N–H and O–H groups in total. The van der Waals surface area contributed by atoms with E-state index >= 15 is 0 Å². The SMILES string of the molecule is Cc1ccc(-c2cc(C)c(C)[n+]([O-])c2)nc1CO. The van der Waals surface area contributed by atoms with E-state index in [-0.39, 0.29) is 6.61 Å². The maximum atomic E-state index is 11.7. The summed E-state index contributed by atoms with van der Waals surface area (Å²) in [5, 5.41) is 20.9. The highest BCUT2D eigenvalue weighted by Crippen LogP contribution is 2.19. The summed E-state index contributed by atoms with van der Waals surface area (Å²) in [5.74, 6) is 0. The van der Waals surface area contributed by atoms with Gasteiger partial charge in [-0.3, -0.25) is 0 Å². The van der Waals surface area contributed by atoms with E-state index in [4.69, 9.17) is 0 Å². The lowest BCUT2D eigenvalue weighted by Crippen LogP contribution is -2.30. The van der Waals surface area contributed by atoms with Crippen molar-refractivity contribution in [3.63, 3.8) is 0 Å². The Hall–Kier alpha value is -1.94. The summed E-state index contributed by atoms with van der Waals surface area (Å²) in [6.45, 7) is 5.49. The molecular weight excluding hydrogens is 228 g/mol. The zero-order valence-corrected chi connectivity index (χ0v) is 10.8. The Morgan fingerprint density at radius 3 is 2.56 bits per heavy atom. The van der Waals surface area contributed by atoms with Gasteiger partial charge < -0.3 is 10.3 Å². The number of pyridine rings is 2. The van der Waals surface area contributed by atoms with Crippen molar-refractivity contribution in [2.24, 2.45) is 0 Å². The van der Waals surface area contributed by atoms with Gasteiger partial charge in [-0.1, -0.05) is 6.07 Å². The van der Waals surface area contributed by atoms with Crippen molar-refractivity contribution in [1.29, 1.82) is 0 Å². The van der Waals surface area contributed by atoms with Gasteiger partial charge in [-0.2, -0.15) is 4.73 Å². The lowest BCUT2D eigenvalue weighted by molar-refractivity contribution is -0.612. The van der Waals surface area contributed by atoms with Gasteiger partial charge in [-0.15, -0.1) is 0 Å². The maximum absolute atomic E-state index is 11.7. The van der Waals surface area contributed by atoms with Crippen molar-refractivity contribution in [3.8, 4) is 11.3 Å². The molecule has 4 heteroatoms. The Morgan fingerprint density at radius 1 is 1.22 bits per heavy atom. The molecule has 0 spiro atoms. The van der Waals surface area contributed by atoms with Crippen LogP contribution in [0.5, 0.6) is 0 Å². The minimum absolute atomic E-state index is 0.0953. The minimum Gasteiger partial charge on any atom is -0.618 e. The van der Waals surface area contributed by atoms with Crippen LogP contribution >= 0.6 is 0 Å². The Kier molecular flexibility index (Phi) is 3.30. The number of hydrogen-bond acceptors (Lipinski definition) is 3. The fraction of sp³-hybridized carbons (Fsp3) is 0.286. The van der Waals surface area contributed by atoms with Crippen LogP contribution in [-0.2, 0) is 6.61 Å². The van der Waals surface area contributed by atoms with E-state index in [1.54, 1.807) is 6.92 Å². The summed E-state index contributed by atoms with van der Waals surface area (Å²) in [4.78, 5) is 4.37. The third kappa shape index (κ3) is 2.19. The highest BCUT2D eigenvalue weighted by molar-refractivity contribution is 5.58. The van der Waals surface area contributed by atoms with Crippen molar-refractivity contribution < 1.29 is 9.84 Å². The quantitative estimate of drug-likeness (QED) is 0.647. The minimum atomic E-state index is -0.0953. The predicted octanol–water partition coefficient (Wildman–Crippen LogP) is 1.80. The molecular formula is C14H16N2O2. The fourth-order valence-corrected chi connectivity index (χ4v) is 1.80. The topological polar surface area (TPSA) is 60.1 Å². The molecule has 2 aromatic rings. The van der Waals surface area contributed by atoms with Crippen LogP contribution in [-0.4, -0.2) is 10.1 Å². The van der Waals surface area contributed by atoms with Crippen LogP contribution in [0.15, 0.2) is 24.4 Å². The van der Waals surface area contributed by atoms with E-state index in [1.165, 1.54) is 6.20 Å². The predicted molar refractivity (Wildman–Crippen MR) is 68.8 cm³/mol. The molecule has 0 amide bonds. The van der Waals surface area contributed by atoms with Crippen molar-refractivity contribution in [3.05, 3.63) is 52.1 Å². The second kappa shape index (κ2) is 4.74. The largest absolute Gasteiger partial charge is 0.618 e. The van der Waals surface area contributed by atoms with E-state index < -0.39 is 0 Å². The molecule has 0 aliphatic rings. The maximum Gasteiger partial charge on any atom is 0.192 e. The number of nitrogens with zero attached hydrogens (tertiary/aromatic N) is 2. The second-order valence-electron chi connectivity index (χ2n) is 4.44. The zero-order chi connectivity index (χ0) is 13.3.